The van der Waals surface area contributed by atoms with Gasteiger partial charge in [0.15, 0.2) is 17.3 Å². The number of nitrogens with zero attached hydrogens (tertiary/aromatic N) is 4. The summed E-state index contributed by atoms with van der Waals surface area (Å²) in [7, 11) is 0. The van der Waals surface area contributed by atoms with Crippen LogP contribution in [0.15, 0.2) is 46.6 Å². The zero-order valence-electron chi connectivity index (χ0n) is 15.0. The van der Waals surface area contributed by atoms with Crippen LogP contribution in [0.5, 0.6) is 11.5 Å². The molecule has 0 saturated heterocycles. The van der Waals surface area contributed by atoms with Crippen LogP contribution >= 0.6 is 0 Å². The van der Waals surface area contributed by atoms with Crippen LogP contribution in [0.1, 0.15) is 25.2 Å². The van der Waals surface area contributed by atoms with Gasteiger partial charge in [0.05, 0.1) is 24.6 Å². The van der Waals surface area contributed by atoms with Crippen molar-refractivity contribution in [2.75, 3.05) is 13.2 Å². The summed E-state index contributed by atoms with van der Waals surface area (Å²) in [6.07, 6.45) is 0. The third-order valence-electron chi connectivity index (χ3n) is 3.77. The van der Waals surface area contributed by atoms with Crippen molar-refractivity contribution >= 4 is 17.2 Å². The van der Waals surface area contributed by atoms with Crippen LogP contribution in [0, 0.1) is 13.8 Å². The highest BCUT2D eigenvalue weighted by Gasteiger charge is 2.10. The van der Waals surface area contributed by atoms with E-state index in [0.29, 0.717) is 30.4 Å². The molecule has 6 heteroatoms. The molecule has 1 aromatic carbocycles. The second-order valence-electron chi connectivity index (χ2n) is 5.58. The first-order valence-corrected chi connectivity index (χ1v) is 8.40. The molecular weight excluding hydrogens is 316 g/mol. The fourth-order valence-corrected chi connectivity index (χ4v) is 2.67. The number of benzene rings is 1. The van der Waals surface area contributed by atoms with Gasteiger partial charge in [0.1, 0.15) is 5.65 Å². The number of imidazole rings is 1. The number of ether oxygens (including phenoxy) is 2. The number of rotatable bonds is 6. The highest BCUT2D eigenvalue weighted by atomic mass is 16.5. The van der Waals surface area contributed by atoms with Crippen LogP contribution in [-0.2, 0) is 0 Å². The van der Waals surface area contributed by atoms with Crippen molar-refractivity contribution in [3.63, 3.8) is 0 Å². The van der Waals surface area contributed by atoms with Gasteiger partial charge in [-0.05, 0) is 52.0 Å². The second-order valence-corrected chi connectivity index (χ2v) is 5.58. The molecule has 3 rings (SSSR count). The summed E-state index contributed by atoms with van der Waals surface area (Å²) in [6, 6.07) is 11.5. The van der Waals surface area contributed by atoms with Gasteiger partial charge in [0.2, 0.25) is 0 Å². The molecule has 0 aliphatic rings. The number of aryl methyl sites for hydroxylation is 2. The van der Waals surface area contributed by atoms with E-state index in [-0.39, 0.29) is 0 Å². The molecule has 0 aliphatic heterocycles. The normalized spacial score (nSPS) is 11.4. The number of fused-ring (bicyclic) bond motifs is 1. The maximum Gasteiger partial charge on any atom is 0.182 e. The molecule has 0 spiro atoms. The Hall–Kier alpha value is -2.89. The molecule has 0 amide bonds. The Morgan fingerprint density at radius 3 is 2.48 bits per heavy atom. The average molecular weight is 338 g/mol. The molecule has 130 valence electrons. The molecular formula is C19H22N4O2. The minimum absolute atomic E-state index is 0.562. The van der Waals surface area contributed by atoms with E-state index in [1.54, 1.807) is 0 Å². The first kappa shape index (κ1) is 17.0. The van der Waals surface area contributed by atoms with Crippen molar-refractivity contribution in [1.29, 1.82) is 0 Å². The van der Waals surface area contributed by atoms with Crippen molar-refractivity contribution < 1.29 is 9.47 Å². The van der Waals surface area contributed by atoms with Crippen molar-refractivity contribution in [2.24, 2.45) is 10.2 Å². The van der Waals surface area contributed by atoms with E-state index in [0.717, 1.165) is 22.9 Å². The van der Waals surface area contributed by atoms with Crippen molar-refractivity contribution in [2.45, 2.75) is 27.7 Å². The third-order valence-corrected chi connectivity index (χ3v) is 3.77. The van der Waals surface area contributed by atoms with Crippen molar-refractivity contribution in [1.82, 2.24) is 9.38 Å². The topological polar surface area (TPSA) is 60.5 Å². The maximum absolute atomic E-state index is 5.64. The summed E-state index contributed by atoms with van der Waals surface area (Å²) in [5.74, 6) is 2.12. The average Bonchev–Trinajstić information content (AvgIpc) is 2.92. The largest absolute Gasteiger partial charge is 0.490 e. The number of hydrogen-bond acceptors (Lipinski definition) is 5. The fraction of sp³-hybridized carbons (Fsp3) is 0.316. The van der Waals surface area contributed by atoms with Crippen LogP contribution in [0.2, 0.25) is 0 Å². The number of pyridine rings is 1. The Bertz CT molecular complexity index is 915. The first-order chi connectivity index (χ1) is 12.1. The van der Waals surface area contributed by atoms with Gasteiger partial charge in [-0.3, -0.25) is 4.40 Å². The Labute approximate surface area is 147 Å². The number of aromatic nitrogens is 2. The quantitative estimate of drug-likeness (QED) is 0.583. The van der Waals surface area contributed by atoms with Crippen molar-refractivity contribution in [3.8, 4) is 11.5 Å². The molecule has 0 saturated carbocycles. The lowest BCUT2D eigenvalue weighted by molar-refractivity contribution is 0.288. The molecule has 25 heavy (non-hydrogen) atoms. The lowest BCUT2D eigenvalue weighted by atomic mass is 10.3. The lowest BCUT2D eigenvalue weighted by Gasteiger charge is -2.10. The van der Waals surface area contributed by atoms with E-state index < -0.39 is 0 Å². The standard InChI is InChI=1S/C19H22N4O2/c1-5-24-16-11-10-15(12-17(16)25-6-2)21-22-19-14(4)20-18-9-7-8-13(3)23(18)19/h7-12H,5-6H2,1-4H3. The summed E-state index contributed by atoms with van der Waals surface area (Å²) in [5.41, 5.74) is 3.48. The van der Waals surface area contributed by atoms with Crippen LogP contribution in [0.4, 0.5) is 11.5 Å². The first-order valence-electron chi connectivity index (χ1n) is 8.40. The van der Waals surface area contributed by atoms with E-state index in [9.17, 15) is 0 Å². The van der Waals surface area contributed by atoms with Gasteiger partial charge in [-0.2, -0.15) is 0 Å². The van der Waals surface area contributed by atoms with Crippen LogP contribution in [-0.4, -0.2) is 22.6 Å². The Morgan fingerprint density at radius 1 is 0.960 bits per heavy atom. The van der Waals surface area contributed by atoms with E-state index in [1.807, 2.05) is 68.5 Å². The zero-order chi connectivity index (χ0) is 17.8. The Morgan fingerprint density at radius 2 is 1.72 bits per heavy atom. The summed E-state index contributed by atoms with van der Waals surface area (Å²) in [4.78, 5) is 4.54. The highest BCUT2D eigenvalue weighted by molar-refractivity contribution is 5.54. The molecule has 0 N–H and O–H groups in total. The van der Waals surface area contributed by atoms with E-state index >= 15 is 0 Å². The summed E-state index contributed by atoms with van der Waals surface area (Å²) >= 11 is 0. The predicted octanol–water partition coefficient (Wildman–Crippen LogP) is 5.16. The Kier molecular flexibility index (Phi) is 4.97. The minimum Gasteiger partial charge on any atom is -0.490 e. The summed E-state index contributed by atoms with van der Waals surface area (Å²) < 4.78 is 13.2. The molecule has 0 radical (unpaired) electrons. The SMILES string of the molecule is CCOc1ccc(N=Nc2c(C)nc3cccc(C)n23)cc1OCC. The fourth-order valence-electron chi connectivity index (χ4n) is 2.67. The van der Waals surface area contributed by atoms with Gasteiger partial charge in [-0.25, -0.2) is 4.98 Å². The van der Waals surface area contributed by atoms with Gasteiger partial charge in [0.25, 0.3) is 0 Å². The lowest BCUT2D eigenvalue weighted by Crippen LogP contribution is -1.97. The van der Waals surface area contributed by atoms with Gasteiger partial charge < -0.3 is 9.47 Å². The van der Waals surface area contributed by atoms with Crippen molar-refractivity contribution in [3.05, 3.63) is 47.8 Å². The molecule has 3 aromatic rings. The highest BCUT2D eigenvalue weighted by Crippen LogP contribution is 2.33. The van der Waals surface area contributed by atoms with Gasteiger partial charge in [0, 0.05) is 11.8 Å². The van der Waals surface area contributed by atoms with Crippen LogP contribution < -0.4 is 9.47 Å². The zero-order valence-corrected chi connectivity index (χ0v) is 15.0. The van der Waals surface area contributed by atoms with Gasteiger partial charge >= 0.3 is 0 Å². The molecule has 0 atom stereocenters. The van der Waals surface area contributed by atoms with Gasteiger partial charge in [-0.15, -0.1) is 10.2 Å². The molecule has 2 aromatic heterocycles. The van der Waals surface area contributed by atoms with E-state index in [4.69, 9.17) is 9.47 Å². The molecule has 0 unspecified atom stereocenters. The smallest absolute Gasteiger partial charge is 0.182 e. The molecule has 0 fully saturated rings. The number of azo groups is 1. The van der Waals surface area contributed by atoms with Crippen LogP contribution in [0.25, 0.3) is 5.65 Å². The van der Waals surface area contributed by atoms with E-state index in [1.165, 1.54) is 0 Å². The molecule has 2 heterocycles. The van der Waals surface area contributed by atoms with Crippen LogP contribution in [0.3, 0.4) is 0 Å². The second kappa shape index (κ2) is 7.34. The third kappa shape index (κ3) is 3.47. The van der Waals surface area contributed by atoms with Gasteiger partial charge in [-0.1, -0.05) is 6.07 Å². The summed E-state index contributed by atoms with van der Waals surface area (Å²) in [5, 5.41) is 8.80. The maximum atomic E-state index is 5.64. The minimum atomic E-state index is 0.562. The number of hydrogen-bond donors (Lipinski definition) is 0. The molecule has 0 aliphatic carbocycles. The predicted molar refractivity (Wildman–Crippen MR) is 97.6 cm³/mol. The monoisotopic (exact) mass is 338 g/mol. The van der Waals surface area contributed by atoms with E-state index in [2.05, 4.69) is 15.2 Å². The molecule has 6 nitrogen and oxygen atoms in total. The molecule has 0 bridgehead atoms. The Balaban J connectivity index is 1.97. The summed E-state index contributed by atoms with van der Waals surface area (Å²) in [6.45, 7) is 8.99.